The predicted octanol–water partition coefficient (Wildman–Crippen LogP) is 1.65. The molecule has 0 aromatic carbocycles. The van der Waals surface area contributed by atoms with Gasteiger partial charge >= 0.3 is 0 Å². The Morgan fingerprint density at radius 1 is 1.67 bits per heavy atom. The Bertz CT molecular complexity index is 147. The summed E-state index contributed by atoms with van der Waals surface area (Å²) in [5, 5.41) is 11.5. The summed E-state index contributed by atoms with van der Waals surface area (Å²) in [6.07, 6.45) is 7.73. The summed E-state index contributed by atoms with van der Waals surface area (Å²) in [5.41, 5.74) is 0.873. The van der Waals surface area contributed by atoms with Gasteiger partial charge in [-0.25, -0.2) is 0 Å². The van der Waals surface area contributed by atoms with E-state index in [-0.39, 0.29) is 0 Å². The van der Waals surface area contributed by atoms with Gasteiger partial charge in [-0.15, -0.1) is 0 Å². The normalized spacial score (nSPS) is 17.3. The third kappa shape index (κ3) is 1.57. The van der Waals surface area contributed by atoms with Crippen LogP contribution in [0, 0.1) is 5.21 Å². The van der Waals surface area contributed by atoms with E-state index in [4.69, 9.17) is 0 Å². The minimum absolute atomic E-state index is 0.873. The van der Waals surface area contributed by atoms with Gasteiger partial charge in [-0.1, -0.05) is 12.2 Å². The first-order valence-electron chi connectivity index (χ1n) is 3.07. The predicted molar refractivity (Wildman–Crippen MR) is 37.6 cm³/mol. The van der Waals surface area contributed by atoms with Crippen LogP contribution in [0.5, 0.6) is 0 Å². The van der Waals surface area contributed by atoms with Crippen molar-refractivity contribution in [3.05, 3.63) is 29.1 Å². The van der Waals surface area contributed by atoms with Crippen LogP contribution >= 0.6 is 0 Å². The summed E-state index contributed by atoms with van der Waals surface area (Å²) in [7, 11) is 1.53. The third-order valence-corrected chi connectivity index (χ3v) is 1.40. The van der Waals surface area contributed by atoms with Crippen LogP contribution in [0.3, 0.4) is 0 Å². The highest BCUT2D eigenvalue weighted by atomic mass is 16.5. The summed E-state index contributed by atoms with van der Waals surface area (Å²) >= 11 is 0. The lowest BCUT2D eigenvalue weighted by Crippen LogP contribution is -2.09. The zero-order chi connectivity index (χ0) is 6.69. The van der Waals surface area contributed by atoms with E-state index in [0.29, 0.717) is 0 Å². The highest BCUT2D eigenvalue weighted by Crippen LogP contribution is 2.12. The van der Waals surface area contributed by atoms with Gasteiger partial charge in [0, 0.05) is 5.70 Å². The van der Waals surface area contributed by atoms with E-state index in [1.54, 1.807) is 0 Å². The van der Waals surface area contributed by atoms with Gasteiger partial charge in [-0.2, -0.15) is 0 Å². The first kappa shape index (κ1) is 6.36. The molecule has 0 aliphatic heterocycles. The average Bonchev–Trinajstić information content (AvgIpc) is 1.90. The van der Waals surface area contributed by atoms with Gasteiger partial charge in [0.2, 0.25) is 0 Å². The monoisotopic (exact) mass is 124 g/mol. The fourth-order valence-electron chi connectivity index (χ4n) is 0.852. The van der Waals surface area contributed by atoms with Crippen molar-refractivity contribution in [2.75, 3.05) is 7.05 Å². The number of hydrogen-bond donors (Lipinski definition) is 0. The maximum Gasteiger partial charge on any atom is 0.00265 e. The van der Waals surface area contributed by atoms with Gasteiger partial charge in [-0.3, -0.25) is 0 Å². The van der Waals surface area contributed by atoms with Crippen LogP contribution in [0.25, 0.3) is 0 Å². The highest BCUT2D eigenvalue weighted by Gasteiger charge is 1.95. The molecule has 1 aliphatic rings. The maximum absolute atomic E-state index is 10.6. The molecule has 0 aromatic heterocycles. The second kappa shape index (κ2) is 2.69. The zero-order valence-corrected chi connectivity index (χ0v) is 5.50. The zero-order valence-electron chi connectivity index (χ0n) is 5.50. The van der Waals surface area contributed by atoms with Crippen molar-refractivity contribution in [3.8, 4) is 0 Å². The molecule has 0 bridgehead atoms. The fourth-order valence-corrected chi connectivity index (χ4v) is 0.852. The SMILES string of the molecule is CN([O-])C1=CC=CCC1. The molecule has 2 nitrogen and oxygen atoms in total. The second-order valence-electron chi connectivity index (χ2n) is 2.12. The molecule has 50 valence electrons. The van der Waals surface area contributed by atoms with Crippen LogP contribution in [-0.4, -0.2) is 12.1 Å². The molecule has 0 spiro atoms. The fraction of sp³-hybridized carbons (Fsp3) is 0.429. The molecule has 1 aliphatic carbocycles. The highest BCUT2D eigenvalue weighted by molar-refractivity contribution is 5.16. The summed E-state index contributed by atoms with van der Waals surface area (Å²) in [5.74, 6) is 0. The van der Waals surface area contributed by atoms with Crippen LogP contribution < -0.4 is 0 Å². The summed E-state index contributed by atoms with van der Waals surface area (Å²) in [4.78, 5) is 0. The Morgan fingerprint density at radius 3 is 2.78 bits per heavy atom. The van der Waals surface area contributed by atoms with Gasteiger partial charge in [0.25, 0.3) is 0 Å². The molecule has 0 unspecified atom stereocenters. The molecule has 0 saturated carbocycles. The van der Waals surface area contributed by atoms with E-state index < -0.39 is 0 Å². The van der Waals surface area contributed by atoms with Crippen molar-refractivity contribution < 1.29 is 0 Å². The molecule has 0 fully saturated rings. The van der Waals surface area contributed by atoms with Crippen molar-refractivity contribution in [3.63, 3.8) is 0 Å². The number of allylic oxidation sites excluding steroid dienone is 4. The quantitative estimate of drug-likeness (QED) is 0.497. The summed E-state index contributed by atoms with van der Waals surface area (Å²) in [6.45, 7) is 0. The molecule has 0 N–H and O–H groups in total. The van der Waals surface area contributed by atoms with Gasteiger partial charge < -0.3 is 10.3 Å². The number of rotatable bonds is 1. The van der Waals surface area contributed by atoms with Crippen molar-refractivity contribution in [1.29, 1.82) is 0 Å². The van der Waals surface area contributed by atoms with Crippen LogP contribution in [-0.2, 0) is 0 Å². The van der Waals surface area contributed by atoms with Crippen molar-refractivity contribution >= 4 is 0 Å². The first-order chi connectivity index (χ1) is 4.30. The molecule has 2 heteroatoms. The number of nitrogens with zero attached hydrogens (tertiary/aromatic N) is 1. The van der Waals surface area contributed by atoms with Gasteiger partial charge in [-0.05, 0) is 26.0 Å². The number of hydroxylamine groups is 2. The van der Waals surface area contributed by atoms with Gasteiger partial charge in [0.1, 0.15) is 0 Å². The van der Waals surface area contributed by atoms with Crippen LogP contribution in [0.2, 0.25) is 0 Å². The van der Waals surface area contributed by atoms with Crippen molar-refractivity contribution in [1.82, 2.24) is 5.06 Å². The molecule has 0 aromatic rings. The smallest absolute Gasteiger partial charge is 0.00265 e. The molecule has 9 heavy (non-hydrogen) atoms. The summed E-state index contributed by atoms with van der Waals surface area (Å²) in [6, 6.07) is 0. The van der Waals surface area contributed by atoms with Gasteiger partial charge in [0.15, 0.2) is 0 Å². The maximum atomic E-state index is 10.6. The molecular weight excluding hydrogens is 114 g/mol. The Kier molecular flexibility index (Phi) is 1.90. The number of hydrogen-bond acceptors (Lipinski definition) is 2. The van der Waals surface area contributed by atoms with E-state index in [1.807, 2.05) is 12.2 Å². The van der Waals surface area contributed by atoms with Crippen LogP contribution in [0.4, 0.5) is 0 Å². The second-order valence-corrected chi connectivity index (χ2v) is 2.12. The Morgan fingerprint density at radius 2 is 2.44 bits per heavy atom. The molecular formula is C7H10NO-. The first-order valence-corrected chi connectivity index (χ1v) is 3.07. The van der Waals surface area contributed by atoms with Crippen molar-refractivity contribution in [2.24, 2.45) is 0 Å². The van der Waals surface area contributed by atoms with Crippen LogP contribution in [0.1, 0.15) is 12.8 Å². The lowest BCUT2D eigenvalue weighted by molar-refractivity contribution is 0.539. The van der Waals surface area contributed by atoms with E-state index in [2.05, 4.69) is 6.08 Å². The van der Waals surface area contributed by atoms with Gasteiger partial charge in [0.05, 0.1) is 0 Å². The molecule has 0 amide bonds. The van der Waals surface area contributed by atoms with E-state index in [9.17, 15) is 5.21 Å². The molecule has 0 radical (unpaired) electrons. The molecule has 1 rings (SSSR count). The Hall–Kier alpha value is -0.760. The summed E-state index contributed by atoms with van der Waals surface area (Å²) < 4.78 is 0. The minimum atomic E-state index is 0.873. The van der Waals surface area contributed by atoms with E-state index in [1.165, 1.54) is 7.05 Å². The van der Waals surface area contributed by atoms with E-state index in [0.717, 1.165) is 23.6 Å². The lowest BCUT2D eigenvalue weighted by atomic mass is 10.1. The molecule has 0 atom stereocenters. The molecule has 0 heterocycles. The average molecular weight is 124 g/mol. The van der Waals surface area contributed by atoms with Crippen molar-refractivity contribution in [2.45, 2.75) is 12.8 Å². The van der Waals surface area contributed by atoms with Crippen LogP contribution in [0.15, 0.2) is 23.9 Å². The molecule has 0 saturated heterocycles. The minimum Gasteiger partial charge on any atom is -0.759 e. The standard InChI is InChI=1S/C7H10NO/c1-8(9)7-5-3-2-4-6-7/h2-3,5H,4,6H2,1H3/q-1. The lowest BCUT2D eigenvalue weighted by Gasteiger charge is -2.28. The Labute approximate surface area is 55.1 Å². The topological polar surface area (TPSA) is 26.3 Å². The third-order valence-electron chi connectivity index (χ3n) is 1.40. The largest absolute Gasteiger partial charge is 0.759 e. The Balaban J connectivity index is 2.57. The van der Waals surface area contributed by atoms with E-state index >= 15 is 0 Å².